The van der Waals surface area contributed by atoms with Crippen molar-refractivity contribution in [2.24, 2.45) is 0 Å². The molecule has 0 saturated carbocycles. The Morgan fingerprint density at radius 2 is 1.81 bits per heavy atom. The summed E-state index contributed by atoms with van der Waals surface area (Å²) in [6, 6.07) is 8.55. The van der Waals surface area contributed by atoms with Crippen LogP contribution in [0.2, 0.25) is 0 Å². The van der Waals surface area contributed by atoms with Crippen molar-refractivity contribution in [2.45, 2.75) is 32.1 Å². The van der Waals surface area contributed by atoms with E-state index in [-0.39, 0.29) is 19.8 Å². The maximum Gasteiger partial charge on any atom is 0.410 e. The molecule has 0 bridgehead atoms. The van der Waals surface area contributed by atoms with Gasteiger partial charge in [0.1, 0.15) is 19.2 Å². The number of nitrogens with zero attached hydrogens (tertiary/aromatic N) is 2. The molecule has 0 aliphatic rings. The van der Waals surface area contributed by atoms with Crippen LogP contribution in [0.4, 0.5) is 10.5 Å². The topological polar surface area (TPSA) is 106 Å². The smallest absolute Gasteiger partial charge is 0.410 e. The number of ether oxygens (including phenoxy) is 2. The average Bonchev–Trinajstić information content (AvgIpc) is 2.58. The highest BCUT2D eigenvalue weighted by molar-refractivity contribution is 8.76. The number of nitriles is 1. The minimum Gasteiger partial charge on any atom is -0.449 e. The van der Waals surface area contributed by atoms with E-state index in [0.717, 1.165) is 10.5 Å². The standard InChI is InChI=1S/C13H15N3O4.C5H12S2/c1-16(8-12(17)19-7-6-14)13(18)20-9-10-2-4-11(15)5-3-10;1-5(2,3)7-6-4/h2-5H,7-9,15H2,1H3;1-4H3. The molecule has 0 aliphatic carbocycles. The number of benzene rings is 1. The summed E-state index contributed by atoms with van der Waals surface area (Å²) in [6.45, 7) is 6.11. The lowest BCUT2D eigenvalue weighted by molar-refractivity contribution is -0.142. The molecule has 1 aromatic rings. The van der Waals surface area contributed by atoms with Gasteiger partial charge in [-0.05, 0) is 24.0 Å². The summed E-state index contributed by atoms with van der Waals surface area (Å²) in [7, 11) is 5.13. The highest BCUT2D eigenvalue weighted by atomic mass is 33.1. The number of likely N-dealkylation sites (N-methyl/N-ethyl adjacent to an activating group) is 1. The summed E-state index contributed by atoms with van der Waals surface area (Å²) in [6.07, 6.45) is 1.45. The molecule has 0 spiro atoms. The maximum atomic E-state index is 11.6. The van der Waals surface area contributed by atoms with Crippen molar-refractivity contribution in [1.82, 2.24) is 4.90 Å². The van der Waals surface area contributed by atoms with Gasteiger partial charge in [-0.25, -0.2) is 4.79 Å². The van der Waals surface area contributed by atoms with Gasteiger partial charge in [0.2, 0.25) is 0 Å². The fourth-order valence-corrected chi connectivity index (χ4v) is 3.54. The fourth-order valence-electron chi connectivity index (χ4n) is 1.54. The predicted octanol–water partition coefficient (Wildman–Crippen LogP) is 3.70. The van der Waals surface area contributed by atoms with Gasteiger partial charge in [-0.1, -0.05) is 54.5 Å². The zero-order valence-corrected chi connectivity index (χ0v) is 18.0. The molecule has 0 aromatic heterocycles. The van der Waals surface area contributed by atoms with Gasteiger partial charge in [0.25, 0.3) is 0 Å². The monoisotopic (exact) mass is 413 g/mol. The molecule has 7 nitrogen and oxygen atoms in total. The van der Waals surface area contributed by atoms with Gasteiger partial charge in [-0.3, -0.25) is 4.79 Å². The molecule has 1 amide bonds. The van der Waals surface area contributed by atoms with Crippen LogP contribution in [-0.2, 0) is 20.9 Å². The second-order valence-electron chi connectivity index (χ2n) is 6.33. The highest BCUT2D eigenvalue weighted by Crippen LogP contribution is 2.32. The predicted molar refractivity (Wildman–Crippen MR) is 111 cm³/mol. The second kappa shape index (κ2) is 13.2. The molecule has 27 heavy (non-hydrogen) atoms. The maximum absolute atomic E-state index is 11.6. The number of hydrogen-bond donors (Lipinski definition) is 1. The fraction of sp³-hybridized carbons (Fsp3) is 0.500. The van der Waals surface area contributed by atoms with Crippen LogP contribution in [0, 0.1) is 11.3 Å². The van der Waals surface area contributed by atoms with E-state index < -0.39 is 12.1 Å². The first-order valence-electron chi connectivity index (χ1n) is 8.05. The first-order chi connectivity index (χ1) is 12.6. The minimum atomic E-state index is -0.668. The Morgan fingerprint density at radius 1 is 1.22 bits per heavy atom. The molecule has 0 heterocycles. The Morgan fingerprint density at radius 3 is 2.26 bits per heavy atom. The number of amides is 1. The van der Waals surface area contributed by atoms with Crippen molar-refractivity contribution in [3.8, 4) is 6.07 Å². The Labute approximate surface area is 169 Å². The minimum absolute atomic E-state index is 0.0801. The van der Waals surface area contributed by atoms with E-state index in [0.29, 0.717) is 10.4 Å². The van der Waals surface area contributed by atoms with E-state index in [9.17, 15) is 9.59 Å². The van der Waals surface area contributed by atoms with Crippen LogP contribution in [0.25, 0.3) is 0 Å². The molecule has 0 aliphatic heterocycles. The third-order valence-corrected chi connectivity index (χ3v) is 5.32. The van der Waals surface area contributed by atoms with Crippen molar-refractivity contribution in [3.05, 3.63) is 29.8 Å². The van der Waals surface area contributed by atoms with E-state index in [1.54, 1.807) is 30.3 Å². The Bertz CT molecular complexity index is 625. The van der Waals surface area contributed by atoms with Crippen LogP contribution in [0.15, 0.2) is 24.3 Å². The zero-order valence-electron chi connectivity index (χ0n) is 16.4. The number of carbonyl (C=O) groups is 2. The van der Waals surface area contributed by atoms with Gasteiger partial charge in [0.15, 0.2) is 6.61 Å². The molecular formula is C18H27N3O4S2. The number of nitrogen functional groups attached to an aromatic ring is 1. The number of nitrogens with two attached hydrogens (primary N) is 1. The van der Waals surface area contributed by atoms with Crippen molar-refractivity contribution in [2.75, 3.05) is 32.2 Å². The molecule has 1 rings (SSSR count). The van der Waals surface area contributed by atoms with Crippen molar-refractivity contribution in [3.63, 3.8) is 0 Å². The molecule has 0 saturated heterocycles. The second-order valence-corrected chi connectivity index (χ2v) is 9.56. The number of anilines is 1. The van der Waals surface area contributed by atoms with Crippen LogP contribution < -0.4 is 5.73 Å². The zero-order chi connectivity index (χ0) is 20.9. The van der Waals surface area contributed by atoms with Gasteiger partial charge in [0.05, 0.1) is 0 Å². The quantitative estimate of drug-likeness (QED) is 0.427. The van der Waals surface area contributed by atoms with E-state index in [2.05, 4.69) is 31.8 Å². The first kappa shape index (κ1) is 24.9. The molecule has 0 atom stereocenters. The number of carbonyl (C=O) groups excluding carboxylic acids is 2. The van der Waals surface area contributed by atoms with E-state index in [1.165, 1.54) is 7.05 Å². The molecule has 0 fully saturated rings. The summed E-state index contributed by atoms with van der Waals surface area (Å²) in [4.78, 5) is 23.9. The number of hydrogen-bond acceptors (Lipinski definition) is 8. The van der Waals surface area contributed by atoms with Gasteiger partial charge in [0, 0.05) is 17.5 Å². The van der Waals surface area contributed by atoms with Crippen molar-refractivity contribution in [1.29, 1.82) is 5.26 Å². The van der Waals surface area contributed by atoms with Crippen LogP contribution >= 0.6 is 21.6 Å². The third kappa shape index (κ3) is 13.8. The van der Waals surface area contributed by atoms with Crippen LogP contribution in [-0.4, -0.2) is 48.2 Å². The molecule has 9 heteroatoms. The average molecular weight is 414 g/mol. The SMILES string of the molecule is CN(CC(=O)OCC#N)C(=O)OCc1ccc(N)cc1.CSSC(C)(C)C. The number of esters is 1. The van der Waals surface area contributed by atoms with Gasteiger partial charge < -0.3 is 20.1 Å². The molecule has 1 aromatic carbocycles. The molecular weight excluding hydrogens is 386 g/mol. The largest absolute Gasteiger partial charge is 0.449 e. The summed E-state index contributed by atoms with van der Waals surface area (Å²) >= 11 is 0. The summed E-state index contributed by atoms with van der Waals surface area (Å²) in [5.74, 6) is -0.668. The van der Waals surface area contributed by atoms with Gasteiger partial charge in [-0.2, -0.15) is 5.26 Å². The van der Waals surface area contributed by atoms with E-state index >= 15 is 0 Å². The Balaban J connectivity index is 0.000000821. The van der Waals surface area contributed by atoms with E-state index in [4.69, 9.17) is 15.7 Å². The van der Waals surface area contributed by atoms with Crippen molar-refractivity contribution >= 4 is 39.3 Å². The van der Waals surface area contributed by atoms with Crippen LogP contribution in [0.3, 0.4) is 0 Å². The third-order valence-electron chi connectivity index (χ3n) is 2.65. The van der Waals surface area contributed by atoms with Crippen molar-refractivity contribution < 1.29 is 19.1 Å². The Kier molecular flexibility index (Phi) is 12.2. The molecule has 2 N–H and O–H groups in total. The molecule has 0 radical (unpaired) electrons. The summed E-state index contributed by atoms with van der Waals surface area (Å²) in [5, 5.41) is 8.25. The van der Waals surface area contributed by atoms with Crippen LogP contribution in [0.5, 0.6) is 0 Å². The lowest BCUT2D eigenvalue weighted by Gasteiger charge is -2.15. The Hall–Kier alpha value is -2.05. The number of rotatable bonds is 6. The lowest BCUT2D eigenvalue weighted by atomic mass is 10.2. The summed E-state index contributed by atoms with van der Waals surface area (Å²) < 4.78 is 9.96. The lowest BCUT2D eigenvalue weighted by Crippen LogP contribution is -2.33. The van der Waals surface area contributed by atoms with E-state index in [1.807, 2.05) is 21.6 Å². The normalized spacial score (nSPS) is 10.1. The highest BCUT2D eigenvalue weighted by Gasteiger charge is 2.15. The summed E-state index contributed by atoms with van der Waals surface area (Å²) in [5.41, 5.74) is 6.94. The molecule has 150 valence electrons. The van der Waals surface area contributed by atoms with Crippen LogP contribution in [0.1, 0.15) is 26.3 Å². The van der Waals surface area contributed by atoms with Gasteiger partial charge >= 0.3 is 12.1 Å². The van der Waals surface area contributed by atoms with Gasteiger partial charge in [-0.15, -0.1) is 0 Å². The first-order valence-corrected chi connectivity index (χ1v) is 10.6. The molecule has 0 unspecified atom stereocenters.